The van der Waals surface area contributed by atoms with Gasteiger partial charge in [-0.3, -0.25) is 0 Å². The first-order chi connectivity index (χ1) is 4.83. The van der Waals surface area contributed by atoms with Crippen LogP contribution < -0.4 is 0 Å². The van der Waals surface area contributed by atoms with E-state index < -0.39 is 0 Å². The number of rotatable bonds is 5. The van der Waals surface area contributed by atoms with Crippen molar-refractivity contribution in [1.29, 1.82) is 0 Å². The largest absolute Gasteiger partial charge is 0.393 e. The van der Waals surface area contributed by atoms with Crippen LogP contribution in [0.25, 0.3) is 0 Å². The second-order valence-electron chi connectivity index (χ2n) is 3.09. The van der Waals surface area contributed by atoms with Crippen LogP contribution in [0.15, 0.2) is 0 Å². The van der Waals surface area contributed by atoms with Gasteiger partial charge in [0.25, 0.3) is 0 Å². The Bertz CT molecular complexity index is 97.4. The molecule has 2 heteroatoms. The fourth-order valence-corrected chi connectivity index (χ4v) is 1.11. The SMILES string of the molecule is CCCCC[C@@]1(CO)CO1. The lowest BCUT2D eigenvalue weighted by molar-refractivity contribution is 0.161. The Morgan fingerprint density at radius 3 is 2.60 bits per heavy atom. The normalized spacial score (nSPS) is 30.6. The summed E-state index contributed by atoms with van der Waals surface area (Å²) in [5, 5.41) is 8.83. The Morgan fingerprint density at radius 1 is 1.50 bits per heavy atom. The van der Waals surface area contributed by atoms with Crippen LogP contribution in [-0.4, -0.2) is 23.9 Å². The predicted molar refractivity (Wildman–Crippen MR) is 39.9 cm³/mol. The molecule has 1 N–H and O–H groups in total. The Balaban J connectivity index is 2.01. The molecule has 0 bridgehead atoms. The van der Waals surface area contributed by atoms with E-state index in [1.165, 1.54) is 19.3 Å². The summed E-state index contributed by atoms with van der Waals surface area (Å²) in [4.78, 5) is 0. The highest BCUT2D eigenvalue weighted by Gasteiger charge is 2.42. The standard InChI is InChI=1S/C8H16O2/c1-2-3-4-5-8(6-9)7-10-8/h9H,2-7H2,1H3/t8-/m1/s1. The molecule has 2 nitrogen and oxygen atoms in total. The third-order valence-corrected chi connectivity index (χ3v) is 2.08. The quantitative estimate of drug-likeness (QED) is 0.466. The van der Waals surface area contributed by atoms with Gasteiger partial charge in [0.05, 0.1) is 13.2 Å². The number of hydrogen-bond acceptors (Lipinski definition) is 2. The highest BCUT2D eigenvalue weighted by atomic mass is 16.6. The third kappa shape index (κ3) is 1.96. The molecule has 0 unspecified atom stereocenters. The first-order valence-electron chi connectivity index (χ1n) is 4.08. The Morgan fingerprint density at radius 2 is 2.20 bits per heavy atom. The van der Waals surface area contributed by atoms with Crippen molar-refractivity contribution in [2.75, 3.05) is 13.2 Å². The minimum Gasteiger partial charge on any atom is -0.393 e. The van der Waals surface area contributed by atoms with Crippen LogP contribution in [-0.2, 0) is 4.74 Å². The molecule has 1 atom stereocenters. The summed E-state index contributed by atoms with van der Waals surface area (Å²) in [5.74, 6) is 0. The molecule has 10 heavy (non-hydrogen) atoms. The molecule has 1 saturated heterocycles. The van der Waals surface area contributed by atoms with E-state index >= 15 is 0 Å². The van der Waals surface area contributed by atoms with Gasteiger partial charge in [0, 0.05) is 0 Å². The van der Waals surface area contributed by atoms with Crippen molar-refractivity contribution in [3.8, 4) is 0 Å². The van der Waals surface area contributed by atoms with Gasteiger partial charge in [-0.15, -0.1) is 0 Å². The summed E-state index contributed by atoms with van der Waals surface area (Å²) in [6.07, 6.45) is 4.72. The summed E-state index contributed by atoms with van der Waals surface area (Å²) in [6.45, 7) is 3.16. The number of unbranched alkanes of at least 4 members (excludes halogenated alkanes) is 2. The molecule has 0 amide bonds. The van der Waals surface area contributed by atoms with Gasteiger partial charge in [0.2, 0.25) is 0 Å². The number of aliphatic hydroxyl groups excluding tert-OH is 1. The maximum Gasteiger partial charge on any atom is 0.115 e. The van der Waals surface area contributed by atoms with E-state index in [4.69, 9.17) is 9.84 Å². The van der Waals surface area contributed by atoms with Crippen LogP contribution >= 0.6 is 0 Å². The summed E-state index contributed by atoms with van der Waals surface area (Å²) in [7, 11) is 0. The number of hydrogen-bond donors (Lipinski definition) is 1. The number of aliphatic hydroxyl groups is 1. The van der Waals surface area contributed by atoms with E-state index in [0.717, 1.165) is 13.0 Å². The molecule has 0 saturated carbocycles. The maximum atomic E-state index is 8.83. The Kier molecular flexibility index (Phi) is 2.69. The molecule has 60 valence electrons. The summed E-state index contributed by atoms with van der Waals surface area (Å²) < 4.78 is 5.14. The second-order valence-corrected chi connectivity index (χ2v) is 3.09. The first kappa shape index (κ1) is 8.02. The Labute approximate surface area is 62.2 Å². The van der Waals surface area contributed by atoms with Crippen molar-refractivity contribution >= 4 is 0 Å². The molecular weight excluding hydrogens is 128 g/mol. The van der Waals surface area contributed by atoms with Crippen LogP contribution in [0.2, 0.25) is 0 Å². The minimum atomic E-state index is -0.102. The zero-order chi connectivity index (χ0) is 7.45. The average Bonchev–Trinajstić information content (AvgIpc) is 2.70. The van der Waals surface area contributed by atoms with E-state index in [9.17, 15) is 0 Å². The smallest absolute Gasteiger partial charge is 0.115 e. The summed E-state index contributed by atoms with van der Waals surface area (Å²) in [5.41, 5.74) is -0.102. The van der Waals surface area contributed by atoms with Crippen molar-refractivity contribution < 1.29 is 9.84 Å². The lowest BCUT2D eigenvalue weighted by Crippen LogP contribution is -2.15. The van der Waals surface area contributed by atoms with Crippen molar-refractivity contribution in [3.63, 3.8) is 0 Å². The van der Waals surface area contributed by atoms with Crippen LogP contribution in [0, 0.1) is 0 Å². The molecule has 1 heterocycles. The molecule has 1 aliphatic rings. The van der Waals surface area contributed by atoms with Gasteiger partial charge in [-0.05, 0) is 6.42 Å². The highest BCUT2D eigenvalue weighted by molar-refractivity contribution is 4.90. The topological polar surface area (TPSA) is 32.8 Å². The van der Waals surface area contributed by atoms with Gasteiger partial charge >= 0.3 is 0 Å². The molecule has 1 rings (SSSR count). The molecule has 0 radical (unpaired) electrons. The third-order valence-electron chi connectivity index (χ3n) is 2.08. The molecule has 0 spiro atoms. The van der Waals surface area contributed by atoms with Gasteiger partial charge in [-0.2, -0.15) is 0 Å². The van der Waals surface area contributed by atoms with Crippen molar-refractivity contribution in [2.45, 2.75) is 38.2 Å². The maximum absolute atomic E-state index is 8.83. The monoisotopic (exact) mass is 144 g/mol. The van der Waals surface area contributed by atoms with Gasteiger partial charge in [-0.1, -0.05) is 26.2 Å². The van der Waals surface area contributed by atoms with E-state index in [-0.39, 0.29) is 12.2 Å². The average molecular weight is 144 g/mol. The molecular formula is C8H16O2. The fourth-order valence-electron chi connectivity index (χ4n) is 1.11. The molecule has 0 aliphatic carbocycles. The van der Waals surface area contributed by atoms with Crippen LogP contribution in [0.1, 0.15) is 32.6 Å². The van der Waals surface area contributed by atoms with Gasteiger partial charge in [0.1, 0.15) is 5.60 Å². The number of epoxide rings is 1. The van der Waals surface area contributed by atoms with E-state index in [1.807, 2.05) is 0 Å². The van der Waals surface area contributed by atoms with Gasteiger partial charge in [0.15, 0.2) is 0 Å². The second kappa shape index (κ2) is 3.35. The fraction of sp³-hybridized carbons (Fsp3) is 1.00. The molecule has 1 fully saturated rings. The summed E-state index contributed by atoms with van der Waals surface area (Å²) in [6, 6.07) is 0. The number of ether oxygens (including phenoxy) is 1. The molecule has 0 aromatic carbocycles. The van der Waals surface area contributed by atoms with Crippen molar-refractivity contribution in [1.82, 2.24) is 0 Å². The van der Waals surface area contributed by atoms with E-state index in [2.05, 4.69) is 6.92 Å². The van der Waals surface area contributed by atoms with Crippen LogP contribution in [0.4, 0.5) is 0 Å². The van der Waals surface area contributed by atoms with E-state index in [1.54, 1.807) is 0 Å². The molecule has 0 aromatic heterocycles. The zero-order valence-corrected chi connectivity index (χ0v) is 6.60. The van der Waals surface area contributed by atoms with E-state index in [0.29, 0.717) is 0 Å². The predicted octanol–water partition coefficient (Wildman–Crippen LogP) is 1.33. The minimum absolute atomic E-state index is 0.102. The van der Waals surface area contributed by atoms with Gasteiger partial charge in [-0.25, -0.2) is 0 Å². The van der Waals surface area contributed by atoms with Crippen molar-refractivity contribution in [2.24, 2.45) is 0 Å². The molecule has 1 aliphatic heterocycles. The van der Waals surface area contributed by atoms with Gasteiger partial charge < -0.3 is 9.84 Å². The first-order valence-corrected chi connectivity index (χ1v) is 4.08. The zero-order valence-electron chi connectivity index (χ0n) is 6.60. The molecule has 0 aromatic rings. The highest BCUT2D eigenvalue weighted by Crippen LogP contribution is 2.31. The lowest BCUT2D eigenvalue weighted by Gasteiger charge is -2.05. The Hall–Kier alpha value is -0.0800. The van der Waals surface area contributed by atoms with Crippen LogP contribution in [0.5, 0.6) is 0 Å². The van der Waals surface area contributed by atoms with Crippen LogP contribution in [0.3, 0.4) is 0 Å². The lowest BCUT2D eigenvalue weighted by atomic mass is 10.0. The van der Waals surface area contributed by atoms with Crippen molar-refractivity contribution in [3.05, 3.63) is 0 Å². The summed E-state index contributed by atoms with van der Waals surface area (Å²) >= 11 is 0.